The Labute approximate surface area is 81.3 Å². The Kier molecular flexibility index (Phi) is 3.23. The van der Waals surface area contributed by atoms with Gasteiger partial charge in [-0.15, -0.1) is 0 Å². The van der Waals surface area contributed by atoms with Gasteiger partial charge in [-0.3, -0.25) is 0 Å². The lowest BCUT2D eigenvalue weighted by Crippen LogP contribution is -2.36. The fourth-order valence-electron chi connectivity index (χ4n) is 2.33. The van der Waals surface area contributed by atoms with Crippen molar-refractivity contribution in [3.8, 4) is 0 Å². The molecular weight excluding hydrogens is 162 g/mol. The van der Waals surface area contributed by atoms with Gasteiger partial charge in [0.25, 0.3) is 0 Å². The molecule has 2 aliphatic rings. The van der Waals surface area contributed by atoms with Crippen LogP contribution in [0.5, 0.6) is 0 Å². The maximum Gasteiger partial charge on any atom is 0.0936 e. The number of rotatable bonds is 4. The van der Waals surface area contributed by atoms with E-state index < -0.39 is 0 Å². The SMILES string of the molecule is CCCC1CCN(CC2CO2)CC1. The first kappa shape index (κ1) is 9.47. The number of piperidine rings is 1. The van der Waals surface area contributed by atoms with E-state index in [1.54, 1.807) is 0 Å². The summed E-state index contributed by atoms with van der Waals surface area (Å²) in [7, 11) is 0. The second kappa shape index (κ2) is 4.43. The molecule has 2 heteroatoms. The first-order valence-electron chi connectivity index (χ1n) is 5.72. The highest BCUT2D eigenvalue weighted by molar-refractivity contribution is 4.78. The summed E-state index contributed by atoms with van der Waals surface area (Å²) in [5.74, 6) is 1.02. The maximum atomic E-state index is 5.24. The molecule has 1 atom stereocenters. The summed E-state index contributed by atoms with van der Waals surface area (Å²) in [6, 6.07) is 0. The van der Waals surface area contributed by atoms with Crippen LogP contribution in [0.25, 0.3) is 0 Å². The lowest BCUT2D eigenvalue weighted by molar-refractivity contribution is 0.165. The molecule has 0 aromatic rings. The Bertz CT molecular complexity index is 148. The third kappa shape index (κ3) is 2.96. The first-order chi connectivity index (χ1) is 6.38. The highest BCUT2D eigenvalue weighted by Crippen LogP contribution is 2.23. The van der Waals surface area contributed by atoms with Gasteiger partial charge in [0.1, 0.15) is 0 Å². The Morgan fingerprint density at radius 2 is 2.00 bits per heavy atom. The van der Waals surface area contributed by atoms with Crippen LogP contribution < -0.4 is 0 Å². The number of likely N-dealkylation sites (tertiary alicyclic amines) is 1. The van der Waals surface area contributed by atoms with Crippen molar-refractivity contribution in [2.24, 2.45) is 5.92 Å². The molecule has 2 heterocycles. The molecule has 0 radical (unpaired) electrons. The number of nitrogens with zero attached hydrogens (tertiary/aromatic N) is 1. The minimum absolute atomic E-state index is 0.586. The summed E-state index contributed by atoms with van der Waals surface area (Å²) in [5.41, 5.74) is 0. The van der Waals surface area contributed by atoms with Crippen molar-refractivity contribution in [2.45, 2.75) is 38.7 Å². The molecule has 2 saturated heterocycles. The van der Waals surface area contributed by atoms with Gasteiger partial charge in [-0.25, -0.2) is 0 Å². The van der Waals surface area contributed by atoms with Gasteiger partial charge >= 0.3 is 0 Å². The van der Waals surface area contributed by atoms with Crippen LogP contribution in [0.2, 0.25) is 0 Å². The molecule has 1 unspecified atom stereocenters. The average molecular weight is 183 g/mol. The highest BCUT2D eigenvalue weighted by atomic mass is 16.6. The minimum atomic E-state index is 0.586. The second-order valence-corrected chi connectivity index (χ2v) is 4.49. The molecule has 2 fully saturated rings. The fourth-order valence-corrected chi connectivity index (χ4v) is 2.33. The van der Waals surface area contributed by atoms with Gasteiger partial charge in [0.2, 0.25) is 0 Å². The van der Waals surface area contributed by atoms with Crippen LogP contribution in [0.4, 0.5) is 0 Å². The Hall–Kier alpha value is -0.0800. The molecular formula is C11H21NO. The van der Waals surface area contributed by atoms with Gasteiger partial charge in [0.15, 0.2) is 0 Å². The normalized spacial score (nSPS) is 30.7. The Morgan fingerprint density at radius 3 is 2.54 bits per heavy atom. The molecule has 13 heavy (non-hydrogen) atoms. The van der Waals surface area contributed by atoms with Crippen molar-refractivity contribution in [2.75, 3.05) is 26.2 Å². The fraction of sp³-hybridized carbons (Fsp3) is 1.00. The lowest BCUT2D eigenvalue weighted by Gasteiger charge is -2.31. The standard InChI is InChI=1S/C11H21NO/c1-2-3-10-4-6-12(7-5-10)8-11-9-13-11/h10-11H,2-9H2,1H3. The molecule has 0 aromatic carbocycles. The molecule has 0 amide bonds. The van der Waals surface area contributed by atoms with E-state index >= 15 is 0 Å². The summed E-state index contributed by atoms with van der Waals surface area (Å²) >= 11 is 0. The number of hydrogen-bond acceptors (Lipinski definition) is 2. The van der Waals surface area contributed by atoms with Gasteiger partial charge in [-0.2, -0.15) is 0 Å². The van der Waals surface area contributed by atoms with E-state index in [0.717, 1.165) is 12.5 Å². The van der Waals surface area contributed by atoms with Gasteiger partial charge in [0, 0.05) is 6.54 Å². The van der Waals surface area contributed by atoms with Crippen LogP contribution in [0.1, 0.15) is 32.6 Å². The Balaban J connectivity index is 1.63. The predicted molar refractivity (Wildman–Crippen MR) is 53.8 cm³/mol. The number of hydrogen-bond donors (Lipinski definition) is 0. The van der Waals surface area contributed by atoms with Crippen molar-refractivity contribution in [3.05, 3.63) is 0 Å². The van der Waals surface area contributed by atoms with E-state index in [-0.39, 0.29) is 0 Å². The minimum Gasteiger partial charge on any atom is -0.372 e. The molecule has 0 spiro atoms. The van der Waals surface area contributed by atoms with Crippen molar-refractivity contribution >= 4 is 0 Å². The Morgan fingerprint density at radius 1 is 1.31 bits per heavy atom. The van der Waals surface area contributed by atoms with Gasteiger partial charge in [-0.05, 0) is 31.8 Å². The smallest absolute Gasteiger partial charge is 0.0936 e. The van der Waals surface area contributed by atoms with Gasteiger partial charge < -0.3 is 9.64 Å². The zero-order valence-corrected chi connectivity index (χ0v) is 8.67. The van der Waals surface area contributed by atoms with Crippen LogP contribution in [-0.4, -0.2) is 37.2 Å². The van der Waals surface area contributed by atoms with E-state index in [0.29, 0.717) is 6.10 Å². The van der Waals surface area contributed by atoms with Crippen molar-refractivity contribution in [1.29, 1.82) is 0 Å². The van der Waals surface area contributed by atoms with Crippen molar-refractivity contribution in [3.63, 3.8) is 0 Å². The lowest BCUT2D eigenvalue weighted by atomic mass is 9.92. The van der Waals surface area contributed by atoms with Crippen LogP contribution in [0.15, 0.2) is 0 Å². The molecule has 0 N–H and O–H groups in total. The van der Waals surface area contributed by atoms with Crippen molar-refractivity contribution < 1.29 is 4.74 Å². The summed E-state index contributed by atoms with van der Waals surface area (Å²) < 4.78 is 5.24. The summed E-state index contributed by atoms with van der Waals surface area (Å²) in [4.78, 5) is 2.57. The van der Waals surface area contributed by atoms with E-state index in [9.17, 15) is 0 Å². The molecule has 2 rings (SSSR count). The first-order valence-corrected chi connectivity index (χ1v) is 5.72. The third-order valence-electron chi connectivity index (χ3n) is 3.27. The maximum absolute atomic E-state index is 5.24. The van der Waals surface area contributed by atoms with Crippen LogP contribution in [0, 0.1) is 5.92 Å². The summed E-state index contributed by atoms with van der Waals surface area (Å²) in [6.45, 7) is 7.12. The van der Waals surface area contributed by atoms with E-state index in [2.05, 4.69) is 11.8 Å². The van der Waals surface area contributed by atoms with Gasteiger partial charge in [0.05, 0.1) is 12.7 Å². The molecule has 2 nitrogen and oxygen atoms in total. The largest absolute Gasteiger partial charge is 0.372 e. The molecule has 76 valence electrons. The number of ether oxygens (including phenoxy) is 1. The van der Waals surface area contributed by atoms with E-state index in [1.165, 1.54) is 45.3 Å². The van der Waals surface area contributed by atoms with Crippen LogP contribution in [-0.2, 0) is 4.74 Å². The molecule has 0 bridgehead atoms. The molecule has 0 aliphatic carbocycles. The van der Waals surface area contributed by atoms with Crippen LogP contribution in [0.3, 0.4) is 0 Å². The van der Waals surface area contributed by atoms with E-state index in [1.807, 2.05) is 0 Å². The summed E-state index contributed by atoms with van der Waals surface area (Å²) in [6.07, 6.45) is 6.22. The van der Waals surface area contributed by atoms with E-state index in [4.69, 9.17) is 4.74 Å². The average Bonchev–Trinajstić information content (AvgIpc) is 2.93. The van der Waals surface area contributed by atoms with Crippen molar-refractivity contribution in [1.82, 2.24) is 4.90 Å². The predicted octanol–water partition coefficient (Wildman–Crippen LogP) is 1.90. The van der Waals surface area contributed by atoms with Crippen LogP contribution >= 0.6 is 0 Å². The summed E-state index contributed by atoms with van der Waals surface area (Å²) in [5, 5.41) is 0. The number of epoxide rings is 1. The quantitative estimate of drug-likeness (QED) is 0.619. The molecule has 2 aliphatic heterocycles. The third-order valence-corrected chi connectivity index (χ3v) is 3.27. The molecule has 0 saturated carbocycles. The zero-order chi connectivity index (χ0) is 9.10. The molecule has 0 aromatic heterocycles. The monoisotopic (exact) mass is 183 g/mol. The second-order valence-electron chi connectivity index (χ2n) is 4.49. The highest BCUT2D eigenvalue weighted by Gasteiger charge is 2.27. The zero-order valence-electron chi connectivity index (χ0n) is 8.67. The van der Waals surface area contributed by atoms with Gasteiger partial charge in [-0.1, -0.05) is 19.8 Å². The topological polar surface area (TPSA) is 15.8 Å².